The summed E-state index contributed by atoms with van der Waals surface area (Å²) in [5.41, 5.74) is 3.89. The zero-order chi connectivity index (χ0) is 45.9. The summed E-state index contributed by atoms with van der Waals surface area (Å²) in [6, 6.07) is 19.1. The summed E-state index contributed by atoms with van der Waals surface area (Å²) < 4.78 is 22.8. The number of aromatic amines is 1. The third kappa shape index (κ3) is 8.11. The van der Waals surface area contributed by atoms with Gasteiger partial charge in [0.1, 0.15) is 11.3 Å². The molecule has 66 heavy (non-hydrogen) atoms. The highest BCUT2D eigenvalue weighted by molar-refractivity contribution is 6.07. The van der Waals surface area contributed by atoms with Gasteiger partial charge in [-0.05, 0) is 112 Å². The number of aliphatic hydroxyl groups is 1. The molecule has 4 aliphatic rings. The fourth-order valence-electron chi connectivity index (χ4n) is 10.0. The predicted octanol–water partition coefficient (Wildman–Crippen LogP) is 6.04. The first kappa shape index (κ1) is 43.4. The summed E-state index contributed by atoms with van der Waals surface area (Å²) in [6.45, 7) is 6.84. The zero-order valence-electron chi connectivity index (χ0n) is 37.4. The van der Waals surface area contributed by atoms with Gasteiger partial charge in [-0.2, -0.15) is 0 Å². The number of piperidine rings is 2. The Morgan fingerprint density at radius 1 is 0.939 bits per heavy atom. The van der Waals surface area contributed by atoms with Crippen molar-refractivity contribution in [1.29, 1.82) is 0 Å². The maximum atomic E-state index is 14.4. The number of halogens is 1. The Morgan fingerprint density at radius 3 is 2.41 bits per heavy atom. The van der Waals surface area contributed by atoms with Crippen LogP contribution in [-0.2, 0) is 22.2 Å². The summed E-state index contributed by atoms with van der Waals surface area (Å²) in [7, 11) is 1.73. The highest BCUT2D eigenvalue weighted by atomic mass is 19.1. The van der Waals surface area contributed by atoms with Crippen molar-refractivity contribution in [3.05, 3.63) is 118 Å². The first-order valence-electron chi connectivity index (χ1n) is 22.9. The number of urea groups is 1. The van der Waals surface area contributed by atoms with E-state index in [1.165, 1.54) is 17.0 Å². The number of nitrogens with one attached hydrogen (secondary N) is 3. The molecule has 3 aliphatic heterocycles. The van der Waals surface area contributed by atoms with Crippen molar-refractivity contribution in [2.24, 2.45) is 7.05 Å². The van der Waals surface area contributed by atoms with E-state index in [1.807, 2.05) is 43.5 Å². The van der Waals surface area contributed by atoms with Crippen LogP contribution in [0.15, 0.2) is 83.9 Å². The van der Waals surface area contributed by atoms with Crippen LogP contribution in [0.5, 0.6) is 0 Å². The van der Waals surface area contributed by atoms with Gasteiger partial charge in [0.2, 0.25) is 11.9 Å². The topological polar surface area (TPSA) is 178 Å². The molecule has 0 bridgehead atoms. The van der Waals surface area contributed by atoms with E-state index in [0.29, 0.717) is 64.0 Å². The van der Waals surface area contributed by atoms with Gasteiger partial charge in [0, 0.05) is 97.8 Å². The van der Waals surface area contributed by atoms with E-state index < -0.39 is 29.6 Å². The minimum Gasteiger partial charge on any atom is -0.393 e. The number of aliphatic hydroxyl groups excluding tert-OH is 1. The SMILES string of the molecule is Cc1ccc(C(=O)NC2(C)CCN(C3CCN(c4nc(C(CO)(OC5CC5)c5ccc(F)cc5)c5cc(-c6cn(C)c(=O)c7[nH]ccc67)ccc5n4)CC3)CC2)cc1N1CCC(=O)NC1=O. The molecule has 4 N–H and O–H groups in total. The van der Waals surface area contributed by atoms with E-state index in [1.54, 1.807) is 42.1 Å². The molecular weight excluding hydrogens is 842 g/mol. The quantitative estimate of drug-likeness (QED) is 0.120. The molecule has 1 atom stereocenters. The maximum absolute atomic E-state index is 14.4. The van der Waals surface area contributed by atoms with Crippen LogP contribution >= 0.6 is 0 Å². The van der Waals surface area contributed by atoms with E-state index in [4.69, 9.17) is 14.7 Å². The second-order valence-electron chi connectivity index (χ2n) is 18.7. The standard InChI is InChI=1S/C50H54FN9O6/c1-30-4-5-32(27-41(30)60-23-17-42(62)54-48(60)65)45(63)56-49(2)18-24-58(25-19-49)35-15-21-59(22-16-35)47-53-40-13-6-31(39-28-57(3)46(64)43-37(39)14-20-52-43)26-38(40)44(55-47)50(29-61,66-36-11-12-36)33-7-9-34(51)10-8-33/h4-10,13-14,20,26-28,35-36,52,61H,11-12,15-19,21-25,29H2,1-3H3,(H,56,63)(H,54,62,65). The highest BCUT2D eigenvalue weighted by Crippen LogP contribution is 2.43. The van der Waals surface area contributed by atoms with Gasteiger partial charge in [0.15, 0.2) is 5.60 Å². The molecule has 15 nitrogen and oxygen atoms in total. The van der Waals surface area contributed by atoms with E-state index in [9.17, 15) is 28.7 Å². The first-order chi connectivity index (χ1) is 31.8. The van der Waals surface area contributed by atoms with Crippen molar-refractivity contribution in [3.63, 3.8) is 0 Å². The molecule has 1 unspecified atom stereocenters. The average Bonchev–Trinajstić information content (AvgIpc) is 4.00. The molecule has 10 rings (SSSR count). The molecule has 4 fully saturated rings. The van der Waals surface area contributed by atoms with Crippen LogP contribution in [-0.4, -0.2) is 104 Å². The van der Waals surface area contributed by atoms with Gasteiger partial charge in [-0.3, -0.25) is 24.6 Å². The molecular formula is C50H54FN9O6. The van der Waals surface area contributed by atoms with Gasteiger partial charge in [0.05, 0.1) is 23.9 Å². The number of aryl methyl sites for hydroxylation is 2. The lowest BCUT2D eigenvalue weighted by Crippen LogP contribution is -2.56. The van der Waals surface area contributed by atoms with Crippen LogP contribution in [0.3, 0.4) is 0 Å². The number of amides is 4. The Kier molecular flexibility index (Phi) is 11.2. The predicted molar refractivity (Wildman–Crippen MR) is 249 cm³/mol. The number of hydrogen-bond donors (Lipinski definition) is 4. The van der Waals surface area contributed by atoms with E-state index in [2.05, 4.69) is 32.3 Å². The summed E-state index contributed by atoms with van der Waals surface area (Å²) in [5, 5.41) is 18.6. The van der Waals surface area contributed by atoms with E-state index >= 15 is 0 Å². The van der Waals surface area contributed by atoms with Gasteiger partial charge in [0.25, 0.3) is 11.5 Å². The number of rotatable bonds is 11. The van der Waals surface area contributed by atoms with Gasteiger partial charge in [-0.15, -0.1) is 0 Å². The number of pyridine rings is 1. The lowest BCUT2D eigenvalue weighted by molar-refractivity contribution is -0.120. The van der Waals surface area contributed by atoms with Crippen LogP contribution in [0.25, 0.3) is 32.9 Å². The van der Waals surface area contributed by atoms with Gasteiger partial charge < -0.3 is 34.5 Å². The largest absolute Gasteiger partial charge is 0.393 e. The molecule has 3 aromatic heterocycles. The van der Waals surface area contributed by atoms with Gasteiger partial charge in [-0.1, -0.05) is 24.3 Å². The fourth-order valence-corrected chi connectivity index (χ4v) is 10.0. The Bertz CT molecular complexity index is 2930. The normalized spacial score (nSPS) is 19.3. The first-order valence-corrected chi connectivity index (χ1v) is 22.9. The smallest absolute Gasteiger partial charge is 0.328 e. The number of anilines is 2. The Balaban J connectivity index is 0.884. The third-order valence-corrected chi connectivity index (χ3v) is 14.1. The zero-order valence-corrected chi connectivity index (χ0v) is 37.4. The molecule has 0 spiro atoms. The molecule has 0 radical (unpaired) electrons. The molecule has 1 aliphatic carbocycles. The molecule has 6 heterocycles. The van der Waals surface area contributed by atoms with Crippen molar-refractivity contribution in [2.45, 2.75) is 82.1 Å². The van der Waals surface area contributed by atoms with Crippen molar-refractivity contribution in [2.75, 3.05) is 49.1 Å². The number of benzene rings is 3. The summed E-state index contributed by atoms with van der Waals surface area (Å²) in [6.07, 6.45) is 8.65. The lowest BCUT2D eigenvalue weighted by Gasteiger charge is -2.45. The summed E-state index contributed by atoms with van der Waals surface area (Å²) in [5.74, 6) is -0.372. The lowest BCUT2D eigenvalue weighted by atomic mass is 9.87. The van der Waals surface area contributed by atoms with Crippen molar-refractivity contribution in [3.8, 4) is 11.1 Å². The van der Waals surface area contributed by atoms with Crippen molar-refractivity contribution < 1.29 is 28.6 Å². The molecule has 3 saturated heterocycles. The monoisotopic (exact) mass is 895 g/mol. The number of aromatic nitrogens is 4. The van der Waals surface area contributed by atoms with Crippen LogP contribution in [0.2, 0.25) is 0 Å². The average molecular weight is 896 g/mol. The third-order valence-electron chi connectivity index (χ3n) is 14.1. The van der Waals surface area contributed by atoms with Crippen LogP contribution < -0.4 is 26.0 Å². The number of carbonyl (C=O) groups is 3. The molecule has 3 aromatic carbocycles. The van der Waals surface area contributed by atoms with Gasteiger partial charge in [-0.25, -0.2) is 19.2 Å². The number of ether oxygens (including phenoxy) is 1. The Morgan fingerprint density at radius 2 is 1.70 bits per heavy atom. The van der Waals surface area contributed by atoms with E-state index in [0.717, 1.165) is 73.7 Å². The number of H-pyrrole nitrogens is 1. The molecule has 1 saturated carbocycles. The highest BCUT2D eigenvalue weighted by Gasteiger charge is 2.44. The van der Waals surface area contributed by atoms with Gasteiger partial charge >= 0.3 is 6.03 Å². The minimum atomic E-state index is -1.42. The number of nitrogens with zero attached hydrogens (tertiary/aromatic N) is 6. The minimum absolute atomic E-state index is 0.101. The van der Waals surface area contributed by atoms with Crippen molar-refractivity contribution >= 4 is 51.3 Å². The fraction of sp³-hybridized carbons (Fsp3) is 0.400. The second kappa shape index (κ2) is 17.1. The Hall–Kier alpha value is -6.49. The summed E-state index contributed by atoms with van der Waals surface area (Å²) in [4.78, 5) is 70.8. The van der Waals surface area contributed by atoms with Crippen LogP contribution in [0.1, 0.15) is 79.0 Å². The van der Waals surface area contributed by atoms with E-state index in [-0.39, 0.29) is 36.4 Å². The maximum Gasteiger partial charge on any atom is 0.328 e. The number of likely N-dealkylation sites (tertiary alicyclic amines) is 1. The van der Waals surface area contributed by atoms with Crippen LogP contribution in [0.4, 0.5) is 20.8 Å². The number of imide groups is 1. The van der Waals surface area contributed by atoms with Crippen LogP contribution in [0, 0.1) is 12.7 Å². The summed E-state index contributed by atoms with van der Waals surface area (Å²) >= 11 is 0. The number of hydrogen-bond acceptors (Lipinski definition) is 10. The molecule has 6 aromatic rings. The molecule has 342 valence electrons. The molecule has 16 heteroatoms. The number of fused-ring (bicyclic) bond motifs is 2. The number of carbonyl (C=O) groups excluding carboxylic acids is 3. The second-order valence-corrected chi connectivity index (χ2v) is 18.7. The Labute approximate surface area is 381 Å². The molecule has 4 amide bonds. The van der Waals surface area contributed by atoms with Crippen molar-refractivity contribution in [1.82, 2.24) is 35.1 Å².